The van der Waals surface area contributed by atoms with Gasteiger partial charge in [-0.1, -0.05) is 0 Å². The quantitative estimate of drug-likeness (QED) is 0.586. The maximum atomic E-state index is 13.0. The molecular weight excluding hydrogens is 367 g/mol. The number of alkyl halides is 3. The van der Waals surface area contributed by atoms with Crippen molar-refractivity contribution in [2.75, 3.05) is 0 Å². The Morgan fingerprint density at radius 3 is 1.53 bits per heavy atom. The van der Waals surface area contributed by atoms with Crippen LogP contribution in [0, 0.1) is 0 Å². The molecule has 1 unspecified atom stereocenters. The van der Waals surface area contributed by atoms with Crippen LogP contribution in [0.3, 0.4) is 0 Å². The summed E-state index contributed by atoms with van der Waals surface area (Å²) in [5, 5.41) is -2.82. The predicted molar refractivity (Wildman–Crippen MR) is 59.7 cm³/mol. The van der Waals surface area contributed by atoms with Crippen LogP contribution < -0.4 is 4.13 Å². The molecule has 1 atom stereocenters. The molecule has 1 N–H and O–H groups in total. The van der Waals surface area contributed by atoms with E-state index in [1.54, 1.807) is 0 Å². The van der Waals surface area contributed by atoms with Gasteiger partial charge in [0.15, 0.2) is 0 Å². The Bertz CT molecular complexity index is 389. The van der Waals surface area contributed by atoms with E-state index in [9.17, 15) is 25.6 Å². The molecule has 0 aromatic heterocycles. The first-order valence-corrected chi connectivity index (χ1v) is 7.60. The van der Waals surface area contributed by atoms with E-state index in [4.69, 9.17) is 0 Å². The molecule has 0 aromatic carbocycles. The Morgan fingerprint density at radius 2 is 1.33 bits per heavy atom. The highest BCUT2D eigenvalue weighted by Gasteiger charge is 2.44. The average Bonchev–Trinajstić information content (AvgIpc) is 1.77. The maximum absolute atomic E-state index is 13.0. The molecule has 0 aromatic rings. The second-order valence-electron chi connectivity index (χ2n) is 3.26. The van der Waals surface area contributed by atoms with Crippen molar-refractivity contribution in [1.82, 2.24) is 4.13 Å². The first kappa shape index (κ1) is 15.4. The largest absolute Gasteiger partial charge is 0.271 e. The van der Waals surface area contributed by atoms with Crippen molar-refractivity contribution in [2.45, 2.75) is 28.8 Å². The first-order chi connectivity index (χ1) is 6.21. The van der Waals surface area contributed by atoms with Gasteiger partial charge in [0.1, 0.15) is 0 Å². The van der Waals surface area contributed by atoms with Gasteiger partial charge in [0.05, 0.1) is 0 Å². The summed E-state index contributed by atoms with van der Waals surface area (Å²) in [5.41, 5.74) is 0. The molecule has 0 spiro atoms. The summed E-state index contributed by atoms with van der Waals surface area (Å²) in [6, 6.07) is 0. The van der Waals surface area contributed by atoms with Crippen LogP contribution in [0.25, 0.3) is 0 Å². The standard InChI is InChI=1S/C5H10F2INO4S2/c1-4(2,6)14(10,11)9-15(12,13)5(3,7)8/h9H,1-3H3. The first-order valence-electron chi connectivity index (χ1n) is 3.55. The minimum absolute atomic E-state index is 0.636. The molecule has 0 aliphatic rings. The number of rotatable bonds is 4. The number of hydrogen-bond acceptors (Lipinski definition) is 4. The Balaban J connectivity index is 5.28. The zero-order chi connectivity index (χ0) is 12.7. The molecule has 0 rings (SSSR count). The molecule has 0 amide bonds. The molecule has 0 fully saturated rings. The second-order valence-corrected chi connectivity index (χ2v) is 10.4. The van der Waals surface area contributed by atoms with Crippen molar-refractivity contribution in [3.05, 3.63) is 0 Å². The van der Waals surface area contributed by atoms with E-state index in [0.717, 1.165) is 26.7 Å². The highest BCUT2D eigenvalue weighted by atomic mass is 127. The zero-order valence-electron chi connectivity index (χ0n) is 8.08. The number of nitrogens with one attached hydrogen (secondary N) is 1. The fourth-order valence-electron chi connectivity index (χ4n) is 0.317. The maximum Gasteiger partial charge on any atom is 0.271 e. The van der Waals surface area contributed by atoms with Crippen molar-refractivity contribution < 1.29 is 25.6 Å². The van der Waals surface area contributed by atoms with Crippen molar-refractivity contribution in [3.63, 3.8) is 0 Å². The highest BCUT2D eigenvalue weighted by molar-refractivity contribution is 14.1. The topological polar surface area (TPSA) is 80.3 Å². The van der Waals surface area contributed by atoms with Gasteiger partial charge in [-0.2, -0.15) is 0 Å². The minimum Gasteiger partial charge on any atom is -0.225 e. The van der Waals surface area contributed by atoms with E-state index in [2.05, 4.69) is 0 Å². The van der Waals surface area contributed by atoms with Crippen molar-refractivity contribution in [1.29, 1.82) is 0 Å². The number of sulfonamides is 2. The highest BCUT2D eigenvalue weighted by Crippen LogP contribution is 2.28. The zero-order valence-corrected chi connectivity index (χ0v) is 11.9. The fourth-order valence-corrected chi connectivity index (χ4v) is 3.66. The smallest absolute Gasteiger partial charge is 0.225 e. The van der Waals surface area contributed by atoms with Crippen LogP contribution in [0.1, 0.15) is 20.8 Å². The van der Waals surface area contributed by atoms with Crippen molar-refractivity contribution in [2.24, 2.45) is 0 Å². The third kappa shape index (κ3) is 3.75. The van der Waals surface area contributed by atoms with Gasteiger partial charge >= 0.3 is 0 Å². The molecule has 10 heteroatoms. The van der Waals surface area contributed by atoms with Gasteiger partial charge < -0.3 is 0 Å². The molecule has 0 heterocycles. The van der Waals surface area contributed by atoms with Crippen molar-refractivity contribution >= 4 is 42.6 Å². The summed E-state index contributed by atoms with van der Waals surface area (Å²) in [7, 11) is -9.58. The molecular formula is C5H10F2INO4S2. The number of hydrogen-bond donors (Lipinski definition) is 1. The van der Waals surface area contributed by atoms with Crippen molar-refractivity contribution in [3.8, 4) is 0 Å². The molecule has 0 aliphatic heterocycles. The lowest BCUT2D eigenvalue weighted by molar-refractivity contribution is 0.317. The van der Waals surface area contributed by atoms with Gasteiger partial charge in [-0.05, 0) is 43.4 Å². The van der Waals surface area contributed by atoms with E-state index < -0.39 is 28.1 Å². The van der Waals surface area contributed by atoms with E-state index >= 15 is 0 Å². The predicted octanol–water partition coefficient (Wildman–Crippen LogP) is 1.02. The molecule has 0 saturated heterocycles. The molecule has 15 heavy (non-hydrogen) atoms. The van der Waals surface area contributed by atoms with Crippen LogP contribution in [-0.4, -0.2) is 24.8 Å². The van der Waals surface area contributed by atoms with Gasteiger partial charge in [-0.25, -0.2) is 25.6 Å². The van der Waals surface area contributed by atoms with E-state index in [-0.39, 0.29) is 0 Å². The summed E-state index contributed by atoms with van der Waals surface area (Å²) in [5.74, 6) is 0. The van der Waals surface area contributed by atoms with Crippen LogP contribution in [0.5, 0.6) is 0 Å². The van der Waals surface area contributed by atoms with Crippen LogP contribution in [0.4, 0.5) is 8.78 Å². The minimum atomic E-state index is -4.80. The van der Waals surface area contributed by atoms with Gasteiger partial charge in [-0.15, -0.1) is 4.13 Å². The second kappa shape index (κ2) is 4.04. The van der Waals surface area contributed by atoms with E-state index in [1.807, 2.05) is 0 Å². The summed E-state index contributed by atoms with van der Waals surface area (Å²) in [4.78, 5) is 0. The van der Waals surface area contributed by atoms with Gasteiger partial charge in [-0.3, -0.25) is 0 Å². The molecule has 0 bridgehead atoms. The summed E-state index contributed by atoms with van der Waals surface area (Å²) >= 11 is 0.884. The lowest BCUT2D eigenvalue weighted by Crippen LogP contribution is -2.46. The molecule has 0 radical (unpaired) electrons. The third-order valence-electron chi connectivity index (χ3n) is 1.33. The van der Waals surface area contributed by atoms with Gasteiger partial charge in [0, 0.05) is 0 Å². The summed E-state index contributed by atoms with van der Waals surface area (Å²) < 4.78 is 68.5. The van der Waals surface area contributed by atoms with Gasteiger partial charge in [0.2, 0.25) is 5.00 Å². The van der Waals surface area contributed by atoms with Crippen LogP contribution >= 0.6 is 22.6 Å². The van der Waals surface area contributed by atoms with E-state index in [0.29, 0.717) is 20.8 Å². The molecule has 0 saturated carbocycles. The van der Waals surface area contributed by atoms with Crippen LogP contribution in [0.2, 0.25) is 0 Å². The number of halogens is 3. The SMILES string of the molecule is CC(C)(F)S(=O)(=O)NS(=O)(=O)C(C)(F)I. The van der Waals surface area contributed by atoms with E-state index in [1.165, 1.54) is 0 Å². The normalized spacial score (nSPS) is 18.5. The van der Waals surface area contributed by atoms with Crippen LogP contribution in [0.15, 0.2) is 0 Å². The molecule has 5 nitrogen and oxygen atoms in total. The molecule has 0 aliphatic carbocycles. The molecule has 92 valence electrons. The Kier molecular flexibility index (Phi) is 4.16. The lowest BCUT2D eigenvalue weighted by Gasteiger charge is -2.19. The summed E-state index contributed by atoms with van der Waals surface area (Å²) in [6.45, 7) is 1.93. The average molecular weight is 377 g/mol. The fraction of sp³-hybridized carbons (Fsp3) is 1.00. The van der Waals surface area contributed by atoms with Crippen LogP contribution in [-0.2, 0) is 20.0 Å². The third-order valence-corrected chi connectivity index (χ3v) is 7.05. The lowest BCUT2D eigenvalue weighted by atomic mass is 10.5. The van der Waals surface area contributed by atoms with Gasteiger partial charge in [0.25, 0.3) is 23.1 Å². The monoisotopic (exact) mass is 377 g/mol. The summed E-state index contributed by atoms with van der Waals surface area (Å²) in [6.07, 6.45) is 0. The Morgan fingerprint density at radius 1 is 1.00 bits per heavy atom. The Hall–Kier alpha value is 0.450. The Labute approximate surface area is 101 Å².